The first-order valence-electron chi connectivity index (χ1n) is 8.26. The van der Waals surface area contributed by atoms with Crippen LogP contribution in [0.2, 0.25) is 0 Å². The Balaban J connectivity index is 2.17. The maximum absolute atomic E-state index is 12.4. The number of carbonyl (C=O) groups is 1. The number of carbonyl (C=O) groups excluding carboxylic acids is 1. The summed E-state index contributed by atoms with van der Waals surface area (Å²) < 4.78 is 2.87. The smallest absolute Gasteiger partial charge is 0.264 e. The molecule has 1 N–H and O–H groups in total. The molecule has 2 rings (SSSR count). The van der Waals surface area contributed by atoms with Crippen molar-refractivity contribution in [2.75, 3.05) is 0 Å². The van der Waals surface area contributed by atoms with Crippen LogP contribution < -0.4 is 10.9 Å². The molecular formula is C17H27N5O2. The molecule has 0 spiro atoms. The van der Waals surface area contributed by atoms with E-state index < -0.39 is 0 Å². The normalized spacial score (nSPS) is 13.5. The molecule has 132 valence electrons. The van der Waals surface area contributed by atoms with E-state index in [0.29, 0.717) is 17.0 Å². The molecule has 0 bridgehead atoms. The summed E-state index contributed by atoms with van der Waals surface area (Å²) >= 11 is 0. The van der Waals surface area contributed by atoms with Gasteiger partial charge in [-0.25, -0.2) is 4.98 Å². The van der Waals surface area contributed by atoms with Gasteiger partial charge in [0.1, 0.15) is 18.3 Å². The molecule has 7 heteroatoms. The van der Waals surface area contributed by atoms with Crippen LogP contribution in [0.5, 0.6) is 0 Å². The van der Waals surface area contributed by atoms with Gasteiger partial charge < -0.3 is 5.32 Å². The minimum Gasteiger partial charge on any atom is -0.351 e. The Morgan fingerprint density at radius 1 is 1.33 bits per heavy atom. The van der Waals surface area contributed by atoms with Crippen molar-refractivity contribution < 1.29 is 4.79 Å². The van der Waals surface area contributed by atoms with Crippen molar-refractivity contribution in [3.8, 4) is 0 Å². The van der Waals surface area contributed by atoms with Crippen molar-refractivity contribution in [2.24, 2.45) is 18.4 Å². The molecule has 2 aromatic rings. The first-order chi connectivity index (χ1) is 11.1. The third-order valence-electron chi connectivity index (χ3n) is 4.12. The van der Waals surface area contributed by atoms with E-state index in [2.05, 4.69) is 50.0 Å². The van der Waals surface area contributed by atoms with Crippen LogP contribution in [0, 0.1) is 11.3 Å². The highest BCUT2D eigenvalue weighted by Crippen LogP contribution is 2.24. The van der Waals surface area contributed by atoms with Gasteiger partial charge in [0, 0.05) is 13.1 Å². The van der Waals surface area contributed by atoms with Gasteiger partial charge in [0.2, 0.25) is 5.91 Å². The van der Waals surface area contributed by atoms with Crippen LogP contribution in [-0.4, -0.2) is 31.3 Å². The number of aryl methyl sites for hydroxylation is 1. The Bertz CT molecular complexity index is 782. The summed E-state index contributed by atoms with van der Waals surface area (Å²) in [5.74, 6) is 0.299. The fraction of sp³-hybridized carbons (Fsp3) is 0.647. The largest absolute Gasteiger partial charge is 0.351 e. The third-order valence-corrected chi connectivity index (χ3v) is 4.12. The summed E-state index contributed by atoms with van der Waals surface area (Å²) in [6, 6.07) is 0.0517. The lowest BCUT2D eigenvalue weighted by Crippen LogP contribution is -2.46. The molecule has 0 radical (unpaired) electrons. The van der Waals surface area contributed by atoms with E-state index in [0.717, 1.165) is 6.42 Å². The minimum absolute atomic E-state index is 0.0403. The van der Waals surface area contributed by atoms with Crippen LogP contribution in [0.3, 0.4) is 0 Å². The number of rotatable bonds is 5. The Morgan fingerprint density at radius 3 is 2.58 bits per heavy atom. The molecule has 7 nitrogen and oxygen atoms in total. The quantitative estimate of drug-likeness (QED) is 0.903. The molecule has 0 saturated carbocycles. The minimum atomic E-state index is -0.251. The fourth-order valence-electron chi connectivity index (χ4n) is 2.67. The predicted molar refractivity (Wildman–Crippen MR) is 93.6 cm³/mol. The lowest BCUT2D eigenvalue weighted by molar-refractivity contribution is -0.123. The number of amides is 1. The second-order valence-electron chi connectivity index (χ2n) is 7.80. The highest BCUT2D eigenvalue weighted by molar-refractivity contribution is 5.77. The van der Waals surface area contributed by atoms with Crippen molar-refractivity contribution in [3.63, 3.8) is 0 Å². The molecule has 1 amide bonds. The fourth-order valence-corrected chi connectivity index (χ4v) is 2.67. The summed E-state index contributed by atoms with van der Waals surface area (Å²) in [5.41, 5.74) is 0.222. The van der Waals surface area contributed by atoms with Crippen molar-refractivity contribution in [3.05, 3.63) is 22.9 Å². The zero-order chi connectivity index (χ0) is 18.1. The number of fused-ring (bicyclic) bond motifs is 1. The number of nitrogens with one attached hydrogen (secondary N) is 1. The summed E-state index contributed by atoms with van der Waals surface area (Å²) in [5, 5.41) is 7.52. The second kappa shape index (κ2) is 6.75. The first-order valence-corrected chi connectivity index (χ1v) is 8.26. The van der Waals surface area contributed by atoms with Crippen LogP contribution in [-0.2, 0) is 18.4 Å². The van der Waals surface area contributed by atoms with Gasteiger partial charge in [-0.1, -0.05) is 34.6 Å². The van der Waals surface area contributed by atoms with E-state index in [9.17, 15) is 9.59 Å². The second-order valence-corrected chi connectivity index (χ2v) is 7.80. The maximum atomic E-state index is 12.4. The molecule has 0 saturated heterocycles. The number of hydrogen-bond donors (Lipinski definition) is 1. The van der Waals surface area contributed by atoms with Crippen LogP contribution in [0.1, 0.15) is 41.0 Å². The molecule has 0 aliphatic heterocycles. The summed E-state index contributed by atoms with van der Waals surface area (Å²) in [7, 11) is 1.73. The SMILES string of the molecule is CC(C)C[C@H](NC(=O)Cn1cnc2c(cnn2C)c1=O)C(C)(C)C. The van der Waals surface area contributed by atoms with Gasteiger partial charge in [0.25, 0.3) is 5.56 Å². The van der Waals surface area contributed by atoms with E-state index in [1.54, 1.807) is 11.7 Å². The van der Waals surface area contributed by atoms with Gasteiger partial charge in [-0.2, -0.15) is 5.10 Å². The zero-order valence-electron chi connectivity index (χ0n) is 15.3. The molecular weight excluding hydrogens is 306 g/mol. The van der Waals surface area contributed by atoms with E-state index in [1.807, 2.05) is 0 Å². The zero-order valence-corrected chi connectivity index (χ0v) is 15.3. The van der Waals surface area contributed by atoms with Gasteiger partial charge in [0.15, 0.2) is 5.65 Å². The van der Waals surface area contributed by atoms with E-state index in [-0.39, 0.29) is 29.5 Å². The predicted octanol–water partition coefficient (Wildman–Crippen LogP) is 1.71. The molecule has 24 heavy (non-hydrogen) atoms. The summed E-state index contributed by atoms with van der Waals surface area (Å²) in [6.45, 7) is 10.5. The number of hydrogen-bond acceptors (Lipinski definition) is 4. The Morgan fingerprint density at radius 2 is 2.00 bits per heavy atom. The van der Waals surface area contributed by atoms with Crippen molar-refractivity contribution in [1.29, 1.82) is 0 Å². The van der Waals surface area contributed by atoms with Crippen molar-refractivity contribution in [2.45, 2.75) is 53.6 Å². The van der Waals surface area contributed by atoms with Gasteiger partial charge >= 0.3 is 0 Å². The molecule has 0 aromatic carbocycles. The van der Waals surface area contributed by atoms with Gasteiger partial charge in [-0.15, -0.1) is 0 Å². The summed E-state index contributed by atoms with van der Waals surface area (Å²) in [6.07, 6.45) is 3.78. The Hall–Kier alpha value is -2.18. The number of nitrogens with zero attached hydrogens (tertiary/aromatic N) is 4. The monoisotopic (exact) mass is 333 g/mol. The molecule has 0 aliphatic rings. The van der Waals surface area contributed by atoms with Crippen LogP contribution >= 0.6 is 0 Å². The van der Waals surface area contributed by atoms with Crippen molar-refractivity contribution in [1.82, 2.24) is 24.6 Å². The highest BCUT2D eigenvalue weighted by Gasteiger charge is 2.27. The van der Waals surface area contributed by atoms with Gasteiger partial charge in [-0.05, 0) is 17.8 Å². The summed E-state index contributed by atoms with van der Waals surface area (Å²) in [4.78, 5) is 29.1. The van der Waals surface area contributed by atoms with Gasteiger partial charge in [-0.3, -0.25) is 18.8 Å². The van der Waals surface area contributed by atoms with E-state index >= 15 is 0 Å². The molecule has 0 unspecified atom stereocenters. The molecule has 0 aliphatic carbocycles. The van der Waals surface area contributed by atoms with Crippen LogP contribution in [0.4, 0.5) is 0 Å². The highest BCUT2D eigenvalue weighted by atomic mass is 16.2. The Labute approximate surface area is 142 Å². The molecule has 0 fully saturated rings. The van der Waals surface area contributed by atoms with Crippen LogP contribution in [0.25, 0.3) is 11.0 Å². The van der Waals surface area contributed by atoms with E-state index in [4.69, 9.17) is 0 Å². The first kappa shape index (κ1) is 18.2. The molecule has 1 atom stereocenters. The van der Waals surface area contributed by atoms with Crippen LogP contribution in [0.15, 0.2) is 17.3 Å². The molecule has 2 heterocycles. The topological polar surface area (TPSA) is 81.8 Å². The average Bonchev–Trinajstić information content (AvgIpc) is 2.82. The average molecular weight is 333 g/mol. The van der Waals surface area contributed by atoms with E-state index in [1.165, 1.54) is 17.1 Å². The maximum Gasteiger partial charge on any atom is 0.264 e. The molecule has 2 aromatic heterocycles. The third kappa shape index (κ3) is 4.01. The lowest BCUT2D eigenvalue weighted by atomic mass is 9.82. The standard InChI is InChI=1S/C17H27N5O2/c1-11(2)7-13(17(3,4)5)20-14(23)9-22-10-18-15-12(16(22)24)8-19-21(15)6/h8,10-11,13H,7,9H2,1-6H3,(H,20,23)/t13-/m0/s1. The Kier molecular flexibility index (Phi) is 5.11. The van der Waals surface area contributed by atoms with Gasteiger partial charge in [0.05, 0.1) is 6.20 Å². The van der Waals surface area contributed by atoms with Crippen molar-refractivity contribution >= 4 is 16.9 Å². The number of aromatic nitrogens is 4. The lowest BCUT2D eigenvalue weighted by Gasteiger charge is -2.33.